The molecule has 0 radical (unpaired) electrons. The maximum atomic E-state index is 12.6. The number of carbonyl (C=O) groups is 2. The molecule has 114 valence electrons. The highest BCUT2D eigenvalue weighted by molar-refractivity contribution is 7.89. The van der Waals surface area contributed by atoms with E-state index < -0.39 is 27.9 Å². The smallest absolute Gasteiger partial charge is 0.244 e. The van der Waals surface area contributed by atoms with Crippen molar-refractivity contribution in [3.8, 4) is 0 Å². The monoisotopic (exact) mass is 310 g/mol. The molecule has 1 aromatic carbocycles. The molecule has 1 aliphatic heterocycles. The molecule has 0 aliphatic carbocycles. The summed E-state index contributed by atoms with van der Waals surface area (Å²) in [5, 5.41) is 2.12. The Morgan fingerprint density at radius 3 is 2.29 bits per heavy atom. The second kappa shape index (κ2) is 5.57. The van der Waals surface area contributed by atoms with Crippen LogP contribution in [0.25, 0.3) is 0 Å². The van der Waals surface area contributed by atoms with Gasteiger partial charge in [0.2, 0.25) is 21.8 Å². The number of amides is 2. The number of carbonyl (C=O) groups excluding carboxylic acids is 2. The molecule has 7 heteroatoms. The van der Waals surface area contributed by atoms with E-state index in [0.717, 1.165) is 9.87 Å². The minimum absolute atomic E-state index is 0.0845. The third-order valence-corrected chi connectivity index (χ3v) is 5.46. The van der Waals surface area contributed by atoms with Crippen LogP contribution in [0.4, 0.5) is 0 Å². The Kier molecular flexibility index (Phi) is 4.15. The predicted molar refractivity (Wildman–Crippen MR) is 77.0 cm³/mol. The van der Waals surface area contributed by atoms with Gasteiger partial charge in [0.25, 0.3) is 0 Å². The van der Waals surface area contributed by atoms with Crippen LogP contribution in [0.2, 0.25) is 0 Å². The molecular weight excluding hydrogens is 292 g/mol. The van der Waals surface area contributed by atoms with Gasteiger partial charge in [-0.1, -0.05) is 26.0 Å². The minimum atomic E-state index is -3.87. The summed E-state index contributed by atoms with van der Waals surface area (Å²) in [7, 11) is -3.87. The van der Waals surface area contributed by atoms with Crippen LogP contribution >= 0.6 is 0 Å². The molecule has 2 rings (SSSR count). The Morgan fingerprint density at radius 1 is 1.19 bits per heavy atom. The van der Waals surface area contributed by atoms with Crippen molar-refractivity contribution in [1.29, 1.82) is 0 Å². The largest absolute Gasteiger partial charge is 0.294 e. The Hall–Kier alpha value is -1.73. The van der Waals surface area contributed by atoms with Crippen molar-refractivity contribution in [3.63, 3.8) is 0 Å². The van der Waals surface area contributed by atoms with Gasteiger partial charge < -0.3 is 0 Å². The fourth-order valence-corrected chi connectivity index (χ4v) is 3.69. The van der Waals surface area contributed by atoms with Crippen LogP contribution in [-0.2, 0) is 19.6 Å². The first kappa shape index (κ1) is 15.7. The van der Waals surface area contributed by atoms with Gasteiger partial charge in [0, 0.05) is 0 Å². The fourth-order valence-electron chi connectivity index (χ4n) is 2.14. The van der Waals surface area contributed by atoms with Crippen LogP contribution in [0.5, 0.6) is 0 Å². The summed E-state index contributed by atoms with van der Waals surface area (Å²) in [4.78, 5) is 23.1. The number of hydrogen-bond acceptors (Lipinski definition) is 4. The summed E-state index contributed by atoms with van der Waals surface area (Å²) in [6, 6.07) is 5.60. The highest BCUT2D eigenvalue weighted by Gasteiger charge is 2.38. The standard InChI is InChI=1S/C14H18N2O4S/c1-9(2)11-4-6-12(7-5-11)21(19,20)16-8-13(17)15-14(18)10(16)3/h4-7,9-10H,8H2,1-3H3,(H,15,17,18). The van der Waals surface area contributed by atoms with E-state index in [1.807, 2.05) is 13.8 Å². The topological polar surface area (TPSA) is 83.6 Å². The third kappa shape index (κ3) is 2.98. The first-order valence-electron chi connectivity index (χ1n) is 6.69. The molecule has 1 fully saturated rings. The number of rotatable bonds is 3. The number of sulfonamides is 1. The number of piperazine rings is 1. The Labute approximate surface area is 124 Å². The maximum Gasteiger partial charge on any atom is 0.244 e. The van der Waals surface area contributed by atoms with E-state index in [4.69, 9.17) is 0 Å². The highest BCUT2D eigenvalue weighted by Crippen LogP contribution is 2.22. The zero-order valence-corrected chi connectivity index (χ0v) is 13.0. The average Bonchev–Trinajstić information content (AvgIpc) is 2.42. The summed E-state index contributed by atoms with van der Waals surface area (Å²) in [6.45, 7) is 5.14. The van der Waals surface area contributed by atoms with Gasteiger partial charge >= 0.3 is 0 Å². The zero-order valence-electron chi connectivity index (χ0n) is 12.2. The molecule has 0 spiro atoms. The highest BCUT2D eigenvalue weighted by atomic mass is 32.2. The molecule has 1 atom stereocenters. The van der Waals surface area contributed by atoms with E-state index in [9.17, 15) is 18.0 Å². The van der Waals surface area contributed by atoms with Crippen molar-refractivity contribution in [2.45, 2.75) is 37.6 Å². The average molecular weight is 310 g/mol. The van der Waals surface area contributed by atoms with E-state index in [2.05, 4.69) is 5.32 Å². The molecule has 2 amide bonds. The van der Waals surface area contributed by atoms with Crippen molar-refractivity contribution < 1.29 is 18.0 Å². The Morgan fingerprint density at radius 2 is 1.76 bits per heavy atom. The second-order valence-corrected chi connectivity index (χ2v) is 7.25. The number of imide groups is 1. The zero-order chi connectivity index (χ0) is 15.8. The van der Waals surface area contributed by atoms with Crippen molar-refractivity contribution >= 4 is 21.8 Å². The maximum absolute atomic E-state index is 12.6. The molecule has 1 aliphatic rings. The minimum Gasteiger partial charge on any atom is -0.294 e. The molecular formula is C14H18N2O4S. The SMILES string of the molecule is CC(C)c1ccc(S(=O)(=O)N2CC(=O)NC(=O)C2C)cc1. The molecule has 0 saturated carbocycles. The molecule has 1 heterocycles. The molecule has 6 nitrogen and oxygen atoms in total. The van der Waals surface area contributed by atoms with E-state index in [1.54, 1.807) is 12.1 Å². The summed E-state index contributed by atoms with van der Waals surface area (Å²) >= 11 is 0. The van der Waals surface area contributed by atoms with Crippen LogP contribution in [0.1, 0.15) is 32.3 Å². The lowest BCUT2D eigenvalue weighted by atomic mass is 10.0. The van der Waals surface area contributed by atoms with E-state index >= 15 is 0 Å². The van der Waals surface area contributed by atoms with Gasteiger partial charge in [0.15, 0.2) is 0 Å². The normalized spacial score (nSPS) is 20.7. The first-order valence-corrected chi connectivity index (χ1v) is 8.13. The predicted octanol–water partition coefficient (Wildman–Crippen LogP) is 0.846. The number of benzene rings is 1. The summed E-state index contributed by atoms with van der Waals surface area (Å²) < 4.78 is 26.1. The fraction of sp³-hybridized carbons (Fsp3) is 0.429. The van der Waals surface area contributed by atoms with Crippen LogP contribution < -0.4 is 5.32 Å². The molecule has 1 saturated heterocycles. The summed E-state index contributed by atoms with van der Waals surface area (Å²) in [6.07, 6.45) is 0. The van der Waals surface area contributed by atoms with Crippen molar-refractivity contribution in [2.75, 3.05) is 6.54 Å². The summed E-state index contributed by atoms with van der Waals surface area (Å²) in [5.74, 6) is -0.919. The molecule has 1 unspecified atom stereocenters. The Balaban J connectivity index is 2.36. The van der Waals surface area contributed by atoms with Gasteiger partial charge in [-0.2, -0.15) is 4.31 Å². The van der Waals surface area contributed by atoms with Crippen molar-refractivity contribution in [3.05, 3.63) is 29.8 Å². The molecule has 0 bridgehead atoms. The van der Waals surface area contributed by atoms with Crippen LogP contribution in [0, 0.1) is 0 Å². The summed E-state index contributed by atoms with van der Waals surface area (Å²) in [5.41, 5.74) is 1.02. The molecule has 1 N–H and O–H groups in total. The quantitative estimate of drug-likeness (QED) is 0.839. The second-order valence-electron chi connectivity index (χ2n) is 5.36. The number of nitrogens with one attached hydrogen (secondary N) is 1. The van der Waals surface area contributed by atoms with Gasteiger partial charge in [-0.05, 0) is 30.5 Å². The van der Waals surface area contributed by atoms with E-state index in [-0.39, 0.29) is 11.4 Å². The molecule has 0 aromatic heterocycles. The van der Waals surface area contributed by atoms with Gasteiger partial charge in [0.05, 0.1) is 11.4 Å². The number of nitrogens with zero attached hydrogens (tertiary/aromatic N) is 1. The molecule has 1 aromatic rings. The third-order valence-electron chi connectivity index (χ3n) is 3.53. The van der Waals surface area contributed by atoms with Crippen LogP contribution in [0.3, 0.4) is 0 Å². The molecule has 21 heavy (non-hydrogen) atoms. The van der Waals surface area contributed by atoms with Crippen LogP contribution in [-0.4, -0.2) is 37.1 Å². The lowest BCUT2D eigenvalue weighted by molar-refractivity contribution is -0.136. The van der Waals surface area contributed by atoms with Gasteiger partial charge in [0.1, 0.15) is 6.04 Å². The van der Waals surface area contributed by atoms with E-state index in [1.165, 1.54) is 19.1 Å². The van der Waals surface area contributed by atoms with Gasteiger partial charge in [-0.25, -0.2) is 8.42 Å². The van der Waals surface area contributed by atoms with Gasteiger partial charge in [-0.3, -0.25) is 14.9 Å². The van der Waals surface area contributed by atoms with Gasteiger partial charge in [-0.15, -0.1) is 0 Å². The van der Waals surface area contributed by atoms with Crippen molar-refractivity contribution in [1.82, 2.24) is 9.62 Å². The Bertz CT molecular complexity index is 665. The lowest BCUT2D eigenvalue weighted by Gasteiger charge is -2.30. The first-order chi connectivity index (χ1) is 9.73. The lowest BCUT2D eigenvalue weighted by Crippen LogP contribution is -2.58. The van der Waals surface area contributed by atoms with Crippen molar-refractivity contribution in [2.24, 2.45) is 0 Å². The van der Waals surface area contributed by atoms with Crippen LogP contribution in [0.15, 0.2) is 29.2 Å². The number of hydrogen-bond donors (Lipinski definition) is 1. The van der Waals surface area contributed by atoms with E-state index in [0.29, 0.717) is 5.92 Å².